The van der Waals surface area contributed by atoms with Crippen molar-refractivity contribution < 1.29 is 0 Å². The second-order valence-corrected chi connectivity index (χ2v) is 2.83. The Hall–Kier alpha value is -0.300. The van der Waals surface area contributed by atoms with Gasteiger partial charge in [-0.3, -0.25) is 0 Å². The number of rotatable bonds is 5. The number of hydrogen-bond donors (Lipinski definition) is 0. The maximum atomic E-state index is 3.99. The molecule has 0 rings (SSSR count). The fraction of sp³-hybridized carbons (Fsp3) is 0.778. The summed E-state index contributed by atoms with van der Waals surface area (Å²) in [6.07, 6.45) is 2.39. The Kier molecular flexibility index (Phi) is 5.32. The summed E-state index contributed by atoms with van der Waals surface area (Å²) in [7, 11) is 2.13. The lowest BCUT2D eigenvalue weighted by atomic mass is 10.2. The van der Waals surface area contributed by atoms with E-state index in [1.165, 1.54) is 18.4 Å². The summed E-state index contributed by atoms with van der Waals surface area (Å²) in [6.45, 7) is 10.5. The fourth-order valence-corrected chi connectivity index (χ4v) is 0.926. The van der Waals surface area contributed by atoms with Crippen LogP contribution >= 0.6 is 0 Å². The van der Waals surface area contributed by atoms with Crippen molar-refractivity contribution >= 4 is 0 Å². The highest BCUT2D eigenvalue weighted by atomic mass is 15.1. The Morgan fingerprint density at radius 3 is 2.40 bits per heavy atom. The Bertz CT molecular complexity index is 96.9. The smallest absolute Gasteiger partial charge is 0.0186 e. The Morgan fingerprint density at radius 1 is 1.40 bits per heavy atom. The van der Waals surface area contributed by atoms with E-state index in [9.17, 15) is 0 Å². The molecule has 0 amide bonds. The van der Waals surface area contributed by atoms with Gasteiger partial charge in [0.2, 0.25) is 0 Å². The van der Waals surface area contributed by atoms with E-state index in [2.05, 4.69) is 32.4 Å². The third-order valence-electron chi connectivity index (χ3n) is 1.64. The fourth-order valence-electron chi connectivity index (χ4n) is 0.926. The highest BCUT2D eigenvalue weighted by Gasteiger charge is 1.96. The molecule has 0 aliphatic heterocycles. The van der Waals surface area contributed by atoms with Crippen LogP contribution in [-0.4, -0.2) is 25.0 Å². The van der Waals surface area contributed by atoms with Gasteiger partial charge in [0, 0.05) is 6.54 Å². The molecule has 10 heavy (non-hydrogen) atoms. The number of nitrogens with zero attached hydrogens (tertiary/aromatic N) is 1. The van der Waals surface area contributed by atoms with E-state index >= 15 is 0 Å². The first kappa shape index (κ1) is 9.70. The lowest BCUT2D eigenvalue weighted by Gasteiger charge is -2.14. The van der Waals surface area contributed by atoms with E-state index in [1.54, 1.807) is 0 Å². The van der Waals surface area contributed by atoms with Crippen LogP contribution in [0, 0.1) is 0 Å². The minimum Gasteiger partial charge on any atom is -0.303 e. The van der Waals surface area contributed by atoms with Crippen molar-refractivity contribution in [2.45, 2.75) is 26.7 Å². The van der Waals surface area contributed by atoms with Gasteiger partial charge in [-0.1, -0.05) is 32.4 Å². The van der Waals surface area contributed by atoms with Crippen LogP contribution in [0.4, 0.5) is 0 Å². The summed E-state index contributed by atoms with van der Waals surface area (Å²) >= 11 is 0. The normalized spacial score (nSPS) is 10.4. The molecule has 0 aliphatic carbocycles. The van der Waals surface area contributed by atoms with Crippen molar-refractivity contribution in [2.24, 2.45) is 0 Å². The van der Waals surface area contributed by atoms with Crippen LogP contribution in [0.15, 0.2) is 12.2 Å². The highest BCUT2D eigenvalue weighted by molar-refractivity contribution is 4.95. The maximum absolute atomic E-state index is 3.99. The molecule has 0 spiro atoms. The van der Waals surface area contributed by atoms with Crippen molar-refractivity contribution in [1.82, 2.24) is 4.90 Å². The topological polar surface area (TPSA) is 3.24 Å². The van der Waals surface area contributed by atoms with Crippen LogP contribution < -0.4 is 0 Å². The SMILES string of the molecule is C=C(CCC)CN(C)CC. The van der Waals surface area contributed by atoms with E-state index in [0.29, 0.717) is 0 Å². The molecule has 0 aromatic heterocycles. The Labute approximate surface area is 64.7 Å². The molecule has 60 valence electrons. The van der Waals surface area contributed by atoms with E-state index in [1.807, 2.05) is 0 Å². The Balaban J connectivity index is 3.37. The molecular weight excluding hydrogens is 122 g/mol. The molecule has 0 aliphatic rings. The van der Waals surface area contributed by atoms with Gasteiger partial charge in [-0.25, -0.2) is 0 Å². The largest absolute Gasteiger partial charge is 0.303 e. The van der Waals surface area contributed by atoms with Crippen LogP contribution in [0.25, 0.3) is 0 Å². The minimum absolute atomic E-state index is 1.06. The zero-order chi connectivity index (χ0) is 7.98. The molecule has 0 radical (unpaired) electrons. The summed E-state index contributed by atoms with van der Waals surface area (Å²) in [5, 5.41) is 0. The molecule has 0 saturated heterocycles. The molecule has 1 heteroatoms. The summed E-state index contributed by atoms with van der Waals surface area (Å²) in [6, 6.07) is 0. The van der Waals surface area contributed by atoms with Gasteiger partial charge in [-0.2, -0.15) is 0 Å². The molecule has 0 unspecified atom stereocenters. The number of likely N-dealkylation sites (N-methyl/N-ethyl adjacent to an activating group) is 1. The van der Waals surface area contributed by atoms with E-state index < -0.39 is 0 Å². The van der Waals surface area contributed by atoms with Crippen LogP contribution in [0.2, 0.25) is 0 Å². The van der Waals surface area contributed by atoms with Crippen LogP contribution in [0.5, 0.6) is 0 Å². The Morgan fingerprint density at radius 2 is 2.00 bits per heavy atom. The molecule has 1 nitrogen and oxygen atoms in total. The standard InChI is InChI=1S/C9H19N/c1-5-7-9(3)8-10(4)6-2/h3,5-8H2,1-2,4H3. The third kappa shape index (κ3) is 4.57. The van der Waals surface area contributed by atoms with E-state index in [-0.39, 0.29) is 0 Å². The highest BCUT2D eigenvalue weighted by Crippen LogP contribution is 2.02. The van der Waals surface area contributed by atoms with Gasteiger partial charge >= 0.3 is 0 Å². The zero-order valence-electron chi connectivity index (χ0n) is 7.48. The lowest BCUT2D eigenvalue weighted by Crippen LogP contribution is -2.19. The minimum atomic E-state index is 1.06. The quantitative estimate of drug-likeness (QED) is 0.531. The van der Waals surface area contributed by atoms with E-state index in [4.69, 9.17) is 0 Å². The van der Waals surface area contributed by atoms with Crippen LogP contribution in [0.1, 0.15) is 26.7 Å². The number of hydrogen-bond acceptors (Lipinski definition) is 1. The molecule has 0 aromatic carbocycles. The molecule has 0 saturated carbocycles. The van der Waals surface area contributed by atoms with Gasteiger partial charge in [-0.05, 0) is 20.0 Å². The second-order valence-electron chi connectivity index (χ2n) is 2.83. The zero-order valence-corrected chi connectivity index (χ0v) is 7.48. The van der Waals surface area contributed by atoms with Gasteiger partial charge in [0.15, 0.2) is 0 Å². The molecule has 0 bridgehead atoms. The van der Waals surface area contributed by atoms with Crippen molar-refractivity contribution in [3.63, 3.8) is 0 Å². The summed E-state index contributed by atoms with van der Waals surface area (Å²) in [5.74, 6) is 0. The van der Waals surface area contributed by atoms with Gasteiger partial charge in [0.1, 0.15) is 0 Å². The van der Waals surface area contributed by atoms with E-state index in [0.717, 1.165) is 13.1 Å². The van der Waals surface area contributed by atoms with Gasteiger partial charge in [0.25, 0.3) is 0 Å². The summed E-state index contributed by atoms with van der Waals surface area (Å²) < 4.78 is 0. The lowest BCUT2D eigenvalue weighted by molar-refractivity contribution is 0.379. The van der Waals surface area contributed by atoms with Crippen molar-refractivity contribution in [1.29, 1.82) is 0 Å². The third-order valence-corrected chi connectivity index (χ3v) is 1.64. The van der Waals surface area contributed by atoms with Crippen molar-refractivity contribution in [3.05, 3.63) is 12.2 Å². The monoisotopic (exact) mass is 141 g/mol. The van der Waals surface area contributed by atoms with Gasteiger partial charge in [-0.15, -0.1) is 0 Å². The summed E-state index contributed by atoms with van der Waals surface area (Å²) in [5.41, 5.74) is 1.35. The van der Waals surface area contributed by atoms with Crippen molar-refractivity contribution in [2.75, 3.05) is 20.1 Å². The molecular formula is C9H19N. The first-order valence-corrected chi connectivity index (χ1v) is 4.05. The first-order chi connectivity index (χ1) is 4.70. The van der Waals surface area contributed by atoms with Gasteiger partial charge in [0.05, 0.1) is 0 Å². The van der Waals surface area contributed by atoms with Gasteiger partial charge < -0.3 is 4.90 Å². The second kappa shape index (κ2) is 5.48. The molecule has 0 heterocycles. The molecule has 0 fully saturated rings. The van der Waals surface area contributed by atoms with Crippen LogP contribution in [-0.2, 0) is 0 Å². The average Bonchev–Trinajstić information content (AvgIpc) is 1.88. The molecule has 0 atom stereocenters. The first-order valence-electron chi connectivity index (χ1n) is 4.05. The molecule has 0 N–H and O–H groups in total. The maximum Gasteiger partial charge on any atom is 0.0186 e. The molecule has 0 aromatic rings. The predicted molar refractivity (Wildman–Crippen MR) is 47.2 cm³/mol. The van der Waals surface area contributed by atoms with Crippen molar-refractivity contribution in [3.8, 4) is 0 Å². The summed E-state index contributed by atoms with van der Waals surface area (Å²) in [4.78, 5) is 2.28. The predicted octanol–water partition coefficient (Wildman–Crippen LogP) is 2.29. The van der Waals surface area contributed by atoms with Crippen LogP contribution in [0.3, 0.4) is 0 Å². The average molecular weight is 141 g/mol.